The topological polar surface area (TPSA) is 40.9 Å². The first-order valence-corrected chi connectivity index (χ1v) is 3.48. The second-order valence-corrected chi connectivity index (χ2v) is 1.89. The van der Waals surface area contributed by atoms with E-state index in [1.807, 2.05) is 6.08 Å². The van der Waals surface area contributed by atoms with Crippen molar-refractivity contribution in [1.82, 2.24) is 0 Å². The van der Waals surface area contributed by atoms with Gasteiger partial charge in [-0.2, -0.15) is 0 Å². The molecular formula is C8H15NO. The maximum absolute atomic E-state index is 8.35. The highest BCUT2D eigenvalue weighted by atomic mass is 16.1. The molecule has 0 saturated carbocycles. The fraction of sp³-hybridized carbons (Fsp3) is 0.625. The number of isocyanates is 1. The van der Waals surface area contributed by atoms with Crippen LogP contribution in [0.3, 0.4) is 0 Å². The summed E-state index contributed by atoms with van der Waals surface area (Å²) in [5, 5.41) is 5.40. The second-order valence-electron chi connectivity index (χ2n) is 1.89. The lowest BCUT2D eigenvalue weighted by atomic mass is 10.2. The summed E-state index contributed by atoms with van der Waals surface area (Å²) in [7, 11) is 0. The highest BCUT2D eigenvalue weighted by Crippen LogP contribution is 1.97. The van der Waals surface area contributed by atoms with Crippen molar-refractivity contribution in [3.63, 3.8) is 0 Å². The number of rotatable bonds is 4. The van der Waals surface area contributed by atoms with Gasteiger partial charge in [0.15, 0.2) is 0 Å². The van der Waals surface area contributed by atoms with E-state index in [1.54, 1.807) is 0 Å². The number of hydrogen-bond acceptors (Lipinski definition) is 2. The third kappa shape index (κ3) is 27.4. The molecule has 2 nitrogen and oxygen atoms in total. The van der Waals surface area contributed by atoms with Gasteiger partial charge in [-0.3, -0.25) is 0 Å². The Morgan fingerprint density at radius 3 is 2.40 bits per heavy atom. The van der Waals surface area contributed by atoms with E-state index in [0.717, 1.165) is 6.08 Å². The molecule has 58 valence electrons. The van der Waals surface area contributed by atoms with Crippen molar-refractivity contribution < 1.29 is 4.79 Å². The average Bonchev–Trinajstić information content (AvgIpc) is 1.91. The molecule has 0 aromatic rings. The van der Waals surface area contributed by atoms with Crippen molar-refractivity contribution in [3.8, 4) is 0 Å². The van der Waals surface area contributed by atoms with Gasteiger partial charge in [0.1, 0.15) is 0 Å². The SMILES string of the molecule is C=CCCCCC.N=C=O. The van der Waals surface area contributed by atoms with E-state index in [-0.39, 0.29) is 0 Å². The minimum atomic E-state index is 0.750. The summed E-state index contributed by atoms with van der Waals surface area (Å²) in [6, 6.07) is 0. The Labute approximate surface area is 62.5 Å². The van der Waals surface area contributed by atoms with Crippen molar-refractivity contribution in [3.05, 3.63) is 12.7 Å². The van der Waals surface area contributed by atoms with Crippen molar-refractivity contribution >= 4 is 6.08 Å². The van der Waals surface area contributed by atoms with Crippen molar-refractivity contribution in [2.24, 2.45) is 0 Å². The summed E-state index contributed by atoms with van der Waals surface area (Å²) in [6.07, 6.45) is 7.91. The molecule has 0 aliphatic carbocycles. The van der Waals surface area contributed by atoms with Crippen molar-refractivity contribution in [1.29, 1.82) is 5.41 Å². The molecule has 0 fully saturated rings. The van der Waals surface area contributed by atoms with Crippen LogP contribution in [0.25, 0.3) is 0 Å². The van der Waals surface area contributed by atoms with E-state index < -0.39 is 0 Å². The zero-order valence-corrected chi connectivity index (χ0v) is 6.52. The van der Waals surface area contributed by atoms with E-state index in [1.165, 1.54) is 25.7 Å². The number of hydrogen-bond donors (Lipinski definition) is 1. The molecule has 0 radical (unpaired) electrons. The van der Waals surface area contributed by atoms with E-state index in [2.05, 4.69) is 13.5 Å². The van der Waals surface area contributed by atoms with Crippen LogP contribution in [0.2, 0.25) is 0 Å². The monoisotopic (exact) mass is 141 g/mol. The van der Waals surface area contributed by atoms with Crippen LogP contribution in [-0.4, -0.2) is 6.08 Å². The minimum absolute atomic E-state index is 0.750. The van der Waals surface area contributed by atoms with Crippen LogP contribution in [0.1, 0.15) is 32.6 Å². The molecule has 0 aliphatic rings. The normalized spacial score (nSPS) is 6.90. The first-order valence-electron chi connectivity index (χ1n) is 3.48. The summed E-state index contributed by atoms with van der Waals surface area (Å²) >= 11 is 0. The summed E-state index contributed by atoms with van der Waals surface area (Å²) in [5.74, 6) is 0. The number of allylic oxidation sites excluding steroid dienone is 1. The van der Waals surface area contributed by atoms with E-state index >= 15 is 0 Å². The lowest BCUT2D eigenvalue weighted by Gasteiger charge is -1.87. The molecule has 0 bridgehead atoms. The molecule has 0 aromatic heterocycles. The Balaban J connectivity index is 0. The summed E-state index contributed by atoms with van der Waals surface area (Å²) in [4.78, 5) is 8.35. The number of unbranched alkanes of at least 4 members (excludes halogenated alkanes) is 3. The third-order valence-corrected chi connectivity index (χ3v) is 1.01. The van der Waals surface area contributed by atoms with Gasteiger partial charge in [-0.1, -0.05) is 25.8 Å². The molecule has 0 saturated heterocycles. The van der Waals surface area contributed by atoms with Crippen LogP contribution < -0.4 is 0 Å². The fourth-order valence-electron chi connectivity index (χ4n) is 0.539. The number of carbonyl (C=O) groups excluding carboxylic acids is 1. The molecule has 0 rings (SSSR count). The van der Waals surface area contributed by atoms with Crippen LogP contribution in [-0.2, 0) is 4.79 Å². The Morgan fingerprint density at radius 2 is 2.10 bits per heavy atom. The molecular weight excluding hydrogens is 126 g/mol. The van der Waals surface area contributed by atoms with E-state index in [9.17, 15) is 0 Å². The largest absolute Gasteiger partial charge is 0.231 e. The predicted molar refractivity (Wildman–Crippen MR) is 42.8 cm³/mol. The quantitative estimate of drug-likeness (QED) is 0.278. The van der Waals surface area contributed by atoms with Crippen molar-refractivity contribution in [2.45, 2.75) is 32.6 Å². The predicted octanol–water partition coefficient (Wildman–Crippen LogP) is 2.65. The van der Waals surface area contributed by atoms with E-state index in [4.69, 9.17) is 10.2 Å². The molecule has 0 heterocycles. The first kappa shape index (κ1) is 11.9. The summed E-state index contributed by atoms with van der Waals surface area (Å²) in [5.41, 5.74) is 0. The van der Waals surface area contributed by atoms with Gasteiger partial charge in [0.2, 0.25) is 6.08 Å². The molecule has 0 aliphatic heterocycles. The highest BCUT2D eigenvalue weighted by Gasteiger charge is 1.77. The summed E-state index contributed by atoms with van der Waals surface area (Å²) in [6.45, 7) is 5.84. The minimum Gasteiger partial charge on any atom is -0.222 e. The zero-order valence-electron chi connectivity index (χ0n) is 6.52. The van der Waals surface area contributed by atoms with Gasteiger partial charge in [-0.05, 0) is 12.8 Å². The van der Waals surface area contributed by atoms with Gasteiger partial charge >= 0.3 is 0 Å². The highest BCUT2D eigenvalue weighted by molar-refractivity contribution is 5.26. The lowest BCUT2D eigenvalue weighted by molar-refractivity contribution is 0.563. The van der Waals surface area contributed by atoms with Gasteiger partial charge in [0, 0.05) is 0 Å². The molecule has 0 unspecified atom stereocenters. The van der Waals surface area contributed by atoms with Crippen LogP contribution in [0.15, 0.2) is 12.7 Å². The molecule has 0 atom stereocenters. The van der Waals surface area contributed by atoms with Gasteiger partial charge in [0.25, 0.3) is 0 Å². The Morgan fingerprint density at radius 1 is 1.60 bits per heavy atom. The Bertz CT molecular complexity index is 93.4. The molecule has 0 amide bonds. The van der Waals surface area contributed by atoms with Crippen molar-refractivity contribution in [2.75, 3.05) is 0 Å². The third-order valence-electron chi connectivity index (χ3n) is 1.01. The Hall–Kier alpha value is -0.880. The number of nitrogens with one attached hydrogen (secondary N) is 1. The molecule has 10 heavy (non-hydrogen) atoms. The second kappa shape index (κ2) is 15.7. The lowest BCUT2D eigenvalue weighted by Crippen LogP contribution is -1.67. The van der Waals surface area contributed by atoms with Gasteiger partial charge in [0.05, 0.1) is 0 Å². The smallest absolute Gasteiger partial charge is 0.222 e. The Kier molecular flexibility index (Phi) is 18.6. The fourth-order valence-corrected chi connectivity index (χ4v) is 0.539. The first-order chi connectivity index (χ1) is 4.83. The van der Waals surface area contributed by atoms with Crippen LogP contribution in [0.4, 0.5) is 0 Å². The van der Waals surface area contributed by atoms with Gasteiger partial charge in [-0.25, -0.2) is 10.2 Å². The van der Waals surface area contributed by atoms with Crippen LogP contribution >= 0.6 is 0 Å². The average molecular weight is 141 g/mol. The standard InChI is InChI=1S/C7H14.CHNO/c1-3-5-7-6-4-2;2-1-3/h3H,1,4-7H2,2H3;2H. The van der Waals surface area contributed by atoms with Crippen LogP contribution in [0.5, 0.6) is 0 Å². The molecule has 1 N–H and O–H groups in total. The van der Waals surface area contributed by atoms with Gasteiger partial charge < -0.3 is 0 Å². The van der Waals surface area contributed by atoms with Gasteiger partial charge in [-0.15, -0.1) is 6.58 Å². The maximum Gasteiger partial charge on any atom is 0.231 e. The molecule has 0 aromatic carbocycles. The summed E-state index contributed by atoms with van der Waals surface area (Å²) < 4.78 is 0. The molecule has 2 heteroatoms. The zero-order chi connectivity index (χ0) is 8.24. The van der Waals surface area contributed by atoms with Crippen LogP contribution in [0, 0.1) is 5.41 Å². The molecule has 0 spiro atoms. The van der Waals surface area contributed by atoms with E-state index in [0.29, 0.717) is 0 Å². The maximum atomic E-state index is 8.35.